The first kappa shape index (κ1) is 9.48. The van der Waals surface area contributed by atoms with Crippen LogP contribution in [-0.4, -0.2) is 37.3 Å². The third-order valence-electron chi connectivity index (χ3n) is 3.18. The van der Waals surface area contributed by atoms with Crippen molar-refractivity contribution in [3.63, 3.8) is 0 Å². The number of likely N-dealkylation sites (tertiary alicyclic amines) is 1. The summed E-state index contributed by atoms with van der Waals surface area (Å²) in [6, 6.07) is 0.649. The summed E-state index contributed by atoms with van der Waals surface area (Å²) in [5, 5.41) is 0. The molecule has 2 heterocycles. The van der Waals surface area contributed by atoms with E-state index in [0.717, 1.165) is 12.1 Å². The van der Waals surface area contributed by atoms with Crippen LogP contribution >= 0.6 is 0 Å². The molecule has 2 aliphatic heterocycles. The summed E-state index contributed by atoms with van der Waals surface area (Å²) in [5.74, 6) is 3.19. The lowest BCUT2D eigenvalue weighted by atomic mass is 9.94. The first-order valence-electron chi connectivity index (χ1n) is 5.20. The molecule has 0 aliphatic carbocycles. The van der Waals surface area contributed by atoms with Crippen LogP contribution in [0.2, 0.25) is 0 Å². The molecule has 0 radical (unpaired) electrons. The van der Waals surface area contributed by atoms with Crippen molar-refractivity contribution >= 4 is 6.21 Å². The molecule has 2 nitrogen and oxygen atoms in total. The molecule has 0 bridgehead atoms. The Kier molecular flexibility index (Phi) is 2.69. The molecule has 0 N–H and O–H groups in total. The Balaban J connectivity index is 2.09. The summed E-state index contributed by atoms with van der Waals surface area (Å²) in [4.78, 5) is 6.75. The summed E-state index contributed by atoms with van der Waals surface area (Å²) in [7, 11) is 2.19. The Morgan fingerprint density at radius 1 is 1.64 bits per heavy atom. The first-order valence-corrected chi connectivity index (χ1v) is 5.20. The van der Waals surface area contributed by atoms with E-state index in [2.05, 4.69) is 28.9 Å². The van der Waals surface area contributed by atoms with Gasteiger partial charge in [0, 0.05) is 30.3 Å². The van der Waals surface area contributed by atoms with E-state index in [1.807, 2.05) is 6.21 Å². The van der Waals surface area contributed by atoms with E-state index in [0.29, 0.717) is 12.0 Å². The summed E-state index contributed by atoms with van der Waals surface area (Å²) >= 11 is 0. The molecule has 1 unspecified atom stereocenters. The average molecular weight is 188 g/mol. The maximum Gasteiger partial charge on any atom is 0.0468 e. The van der Waals surface area contributed by atoms with Crippen LogP contribution in [0.25, 0.3) is 0 Å². The van der Waals surface area contributed by atoms with Gasteiger partial charge in [-0.15, -0.1) is 6.42 Å². The molecule has 2 rings (SSSR count). The van der Waals surface area contributed by atoms with Crippen molar-refractivity contribution in [1.82, 2.24) is 4.90 Å². The topological polar surface area (TPSA) is 15.6 Å². The zero-order valence-electron chi connectivity index (χ0n) is 8.61. The Morgan fingerprint density at radius 2 is 2.50 bits per heavy atom. The predicted molar refractivity (Wildman–Crippen MR) is 59.4 cm³/mol. The molecule has 1 saturated heterocycles. The maximum absolute atomic E-state index is 5.38. The highest BCUT2D eigenvalue weighted by atomic mass is 15.2. The summed E-state index contributed by atoms with van der Waals surface area (Å²) < 4.78 is 0. The van der Waals surface area contributed by atoms with Gasteiger partial charge < -0.3 is 4.90 Å². The number of hydrogen-bond donors (Lipinski definition) is 0. The van der Waals surface area contributed by atoms with Gasteiger partial charge in [0.25, 0.3) is 0 Å². The van der Waals surface area contributed by atoms with Crippen molar-refractivity contribution in [1.29, 1.82) is 0 Å². The van der Waals surface area contributed by atoms with Crippen molar-refractivity contribution in [3.05, 3.63) is 11.6 Å². The number of rotatable bonds is 1. The third-order valence-corrected chi connectivity index (χ3v) is 3.18. The molecular formula is C12H16N2. The second-order valence-corrected chi connectivity index (χ2v) is 4.11. The van der Waals surface area contributed by atoms with Gasteiger partial charge in [-0.25, -0.2) is 0 Å². The monoisotopic (exact) mass is 188 g/mol. The highest BCUT2D eigenvalue weighted by Crippen LogP contribution is 2.25. The molecule has 2 atom stereocenters. The fraction of sp³-hybridized carbons (Fsp3) is 0.583. The molecule has 0 amide bonds. The van der Waals surface area contributed by atoms with Gasteiger partial charge in [-0.2, -0.15) is 0 Å². The molecule has 14 heavy (non-hydrogen) atoms. The molecule has 2 aliphatic rings. The van der Waals surface area contributed by atoms with Gasteiger partial charge in [0.05, 0.1) is 0 Å². The first-order chi connectivity index (χ1) is 6.81. The van der Waals surface area contributed by atoms with Crippen LogP contribution in [0.1, 0.15) is 12.8 Å². The molecule has 0 spiro atoms. The lowest BCUT2D eigenvalue weighted by Gasteiger charge is -2.27. The second kappa shape index (κ2) is 3.98. The SMILES string of the molecule is C#CC1=CC([C@@H]2CCCN2C)CN=C1. The molecule has 74 valence electrons. The largest absolute Gasteiger partial charge is 0.303 e. The highest BCUT2D eigenvalue weighted by molar-refractivity contribution is 5.85. The number of nitrogens with zero attached hydrogens (tertiary/aromatic N) is 2. The van der Waals surface area contributed by atoms with Gasteiger partial charge in [0.15, 0.2) is 0 Å². The lowest BCUT2D eigenvalue weighted by Crippen LogP contribution is -2.34. The summed E-state index contributed by atoms with van der Waals surface area (Å²) in [6.45, 7) is 2.12. The zero-order chi connectivity index (χ0) is 9.97. The quantitative estimate of drug-likeness (QED) is 0.567. The van der Waals surface area contributed by atoms with Crippen LogP contribution < -0.4 is 0 Å². The highest BCUT2D eigenvalue weighted by Gasteiger charge is 2.28. The van der Waals surface area contributed by atoms with Gasteiger partial charge in [-0.05, 0) is 26.4 Å². The minimum Gasteiger partial charge on any atom is -0.303 e. The molecule has 2 heteroatoms. The van der Waals surface area contributed by atoms with Gasteiger partial charge >= 0.3 is 0 Å². The van der Waals surface area contributed by atoms with E-state index in [1.165, 1.54) is 19.4 Å². The molecular weight excluding hydrogens is 172 g/mol. The Bertz CT molecular complexity index is 309. The van der Waals surface area contributed by atoms with Gasteiger partial charge in [-0.3, -0.25) is 4.99 Å². The minimum atomic E-state index is 0.526. The van der Waals surface area contributed by atoms with Crippen LogP contribution in [0.3, 0.4) is 0 Å². The van der Waals surface area contributed by atoms with Crippen LogP contribution in [0.5, 0.6) is 0 Å². The molecule has 0 saturated carbocycles. The predicted octanol–water partition coefficient (Wildman–Crippen LogP) is 1.34. The van der Waals surface area contributed by atoms with Crippen molar-refractivity contribution in [2.24, 2.45) is 10.9 Å². The van der Waals surface area contributed by atoms with Crippen LogP contribution in [0.4, 0.5) is 0 Å². The van der Waals surface area contributed by atoms with Crippen molar-refractivity contribution in [2.75, 3.05) is 20.1 Å². The van der Waals surface area contributed by atoms with E-state index in [-0.39, 0.29) is 0 Å². The van der Waals surface area contributed by atoms with E-state index < -0.39 is 0 Å². The van der Waals surface area contributed by atoms with E-state index in [4.69, 9.17) is 6.42 Å². The molecule has 0 aromatic carbocycles. The lowest BCUT2D eigenvalue weighted by molar-refractivity contribution is 0.258. The smallest absolute Gasteiger partial charge is 0.0468 e. The normalized spacial score (nSPS) is 32.7. The standard InChI is InChI=1S/C12H16N2/c1-3-10-7-11(9-13-8-10)12-5-4-6-14(12)2/h1,7-8,11-12H,4-6,9H2,2H3/t11?,12-/m0/s1. The Hall–Kier alpha value is -1.07. The van der Waals surface area contributed by atoms with E-state index >= 15 is 0 Å². The summed E-state index contributed by atoms with van der Waals surface area (Å²) in [5.41, 5.74) is 0.946. The van der Waals surface area contributed by atoms with Gasteiger partial charge in [-0.1, -0.05) is 12.0 Å². The third kappa shape index (κ3) is 1.73. The van der Waals surface area contributed by atoms with Crippen LogP contribution in [0.15, 0.2) is 16.6 Å². The van der Waals surface area contributed by atoms with Crippen LogP contribution in [0, 0.1) is 18.3 Å². The number of allylic oxidation sites excluding steroid dienone is 1. The minimum absolute atomic E-state index is 0.526. The molecule has 0 aromatic rings. The van der Waals surface area contributed by atoms with E-state index in [1.54, 1.807) is 0 Å². The Labute approximate surface area is 85.7 Å². The summed E-state index contributed by atoms with van der Waals surface area (Å²) in [6.07, 6.45) is 12.0. The number of dihydropyridines is 1. The fourth-order valence-corrected chi connectivity index (χ4v) is 2.39. The average Bonchev–Trinajstić information content (AvgIpc) is 2.65. The van der Waals surface area contributed by atoms with Crippen molar-refractivity contribution in [3.8, 4) is 12.3 Å². The fourth-order valence-electron chi connectivity index (χ4n) is 2.39. The van der Waals surface area contributed by atoms with Gasteiger partial charge in [0.1, 0.15) is 0 Å². The zero-order valence-corrected chi connectivity index (χ0v) is 8.61. The van der Waals surface area contributed by atoms with Crippen LogP contribution in [-0.2, 0) is 0 Å². The molecule has 1 fully saturated rings. The number of terminal acetylenes is 1. The van der Waals surface area contributed by atoms with Gasteiger partial charge in [0.2, 0.25) is 0 Å². The second-order valence-electron chi connectivity index (χ2n) is 4.11. The molecule has 0 aromatic heterocycles. The number of aliphatic imine (C=N–C) groups is 1. The number of hydrogen-bond acceptors (Lipinski definition) is 2. The van der Waals surface area contributed by atoms with Crippen molar-refractivity contribution < 1.29 is 0 Å². The Morgan fingerprint density at radius 3 is 3.14 bits per heavy atom. The maximum atomic E-state index is 5.38. The van der Waals surface area contributed by atoms with Crippen molar-refractivity contribution in [2.45, 2.75) is 18.9 Å². The van der Waals surface area contributed by atoms with E-state index in [9.17, 15) is 0 Å².